The number of hydrogen-bond acceptors (Lipinski definition) is 6. The van der Waals surface area contributed by atoms with Crippen molar-refractivity contribution in [1.29, 1.82) is 0 Å². The summed E-state index contributed by atoms with van der Waals surface area (Å²) in [5, 5.41) is 6.08. The molecule has 0 amide bonds. The van der Waals surface area contributed by atoms with Gasteiger partial charge in [0.05, 0.1) is 29.7 Å². The highest BCUT2D eigenvalue weighted by Crippen LogP contribution is 2.28. The Kier molecular flexibility index (Phi) is 3.70. The standard InChI is InChI=1S/C18H19FN6O/c19-13-8-20-9-15(13)24-18-21-5-3-14(23-18)16-10-22-17-7-12(4-6-25(16)17)26-11-1-2-11/h3-7,10-11,13,15,20H,1-2,8-9H2,(H,21,23,24)/t13-,15-/m0/s1. The number of fused-ring (bicyclic) bond motifs is 1. The van der Waals surface area contributed by atoms with Gasteiger partial charge in [0.25, 0.3) is 0 Å². The number of ether oxygens (including phenoxy) is 1. The van der Waals surface area contributed by atoms with Crippen LogP contribution < -0.4 is 15.4 Å². The lowest BCUT2D eigenvalue weighted by Crippen LogP contribution is -2.30. The molecule has 8 heteroatoms. The Morgan fingerprint density at radius 1 is 1.23 bits per heavy atom. The summed E-state index contributed by atoms with van der Waals surface area (Å²) in [6.45, 7) is 0.921. The number of imidazole rings is 1. The van der Waals surface area contributed by atoms with Gasteiger partial charge in [-0.05, 0) is 25.0 Å². The largest absolute Gasteiger partial charge is 0.490 e. The maximum Gasteiger partial charge on any atom is 0.223 e. The molecule has 7 nitrogen and oxygen atoms in total. The maximum absolute atomic E-state index is 13.8. The fourth-order valence-corrected chi connectivity index (χ4v) is 3.13. The Bertz CT molecular complexity index is 940. The minimum absolute atomic E-state index is 0.311. The Morgan fingerprint density at radius 2 is 2.15 bits per heavy atom. The monoisotopic (exact) mass is 354 g/mol. The van der Waals surface area contributed by atoms with Crippen LogP contribution in [0.3, 0.4) is 0 Å². The van der Waals surface area contributed by atoms with Crippen molar-refractivity contribution in [2.75, 3.05) is 18.4 Å². The van der Waals surface area contributed by atoms with Crippen LogP contribution in [0, 0.1) is 0 Å². The third-order valence-electron chi connectivity index (χ3n) is 4.68. The molecule has 5 rings (SSSR count). The lowest BCUT2D eigenvalue weighted by molar-refractivity contribution is 0.303. The van der Waals surface area contributed by atoms with Gasteiger partial charge in [-0.15, -0.1) is 0 Å². The van der Waals surface area contributed by atoms with E-state index >= 15 is 0 Å². The molecular weight excluding hydrogens is 335 g/mol. The van der Waals surface area contributed by atoms with Gasteiger partial charge in [-0.25, -0.2) is 19.3 Å². The van der Waals surface area contributed by atoms with Gasteiger partial charge >= 0.3 is 0 Å². The van der Waals surface area contributed by atoms with Crippen LogP contribution in [-0.2, 0) is 0 Å². The topological polar surface area (TPSA) is 76.4 Å². The average molecular weight is 354 g/mol. The summed E-state index contributed by atoms with van der Waals surface area (Å²) in [5.74, 6) is 1.26. The number of anilines is 1. The quantitative estimate of drug-likeness (QED) is 0.730. The molecule has 3 aromatic heterocycles. The number of nitrogens with zero attached hydrogens (tertiary/aromatic N) is 4. The molecule has 1 saturated heterocycles. The molecule has 1 aliphatic carbocycles. The Morgan fingerprint density at radius 3 is 2.96 bits per heavy atom. The molecule has 3 aromatic rings. The summed E-state index contributed by atoms with van der Waals surface area (Å²) in [5.41, 5.74) is 2.38. The van der Waals surface area contributed by atoms with Crippen LogP contribution in [0.5, 0.6) is 5.75 Å². The lowest BCUT2D eigenvalue weighted by atomic mass is 10.2. The molecule has 0 radical (unpaired) electrons. The zero-order chi connectivity index (χ0) is 17.5. The normalized spacial score (nSPS) is 22.7. The predicted octanol–water partition coefficient (Wildman–Crippen LogP) is 2.05. The second-order valence-electron chi connectivity index (χ2n) is 6.74. The number of alkyl halides is 1. The second-order valence-corrected chi connectivity index (χ2v) is 6.74. The average Bonchev–Trinajstić information content (AvgIpc) is 3.22. The van der Waals surface area contributed by atoms with E-state index in [1.165, 1.54) is 0 Å². The van der Waals surface area contributed by atoms with Crippen molar-refractivity contribution in [2.45, 2.75) is 31.2 Å². The number of nitrogens with one attached hydrogen (secondary N) is 2. The van der Waals surface area contributed by atoms with Gasteiger partial charge in [-0.1, -0.05) is 0 Å². The van der Waals surface area contributed by atoms with Gasteiger partial charge in [0.2, 0.25) is 5.95 Å². The van der Waals surface area contributed by atoms with E-state index < -0.39 is 6.17 Å². The minimum Gasteiger partial charge on any atom is -0.490 e. The first-order valence-electron chi connectivity index (χ1n) is 8.85. The SMILES string of the molecule is F[C@H]1CNC[C@@H]1Nc1nccc(-c2cnc3cc(OC4CC4)ccn23)n1. The van der Waals surface area contributed by atoms with Crippen molar-refractivity contribution < 1.29 is 9.13 Å². The zero-order valence-electron chi connectivity index (χ0n) is 14.1. The minimum atomic E-state index is -0.942. The Labute approximate surface area is 149 Å². The van der Waals surface area contributed by atoms with Gasteiger partial charge < -0.3 is 15.4 Å². The molecule has 4 heterocycles. The summed E-state index contributed by atoms with van der Waals surface area (Å²) in [4.78, 5) is 13.2. The van der Waals surface area contributed by atoms with Crippen LogP contribution in [0.25, 0.3) is 17.0 Å². The Hall–Kier alpha value is -2.74. The van der Waals surface area contributed by atoms with E-state index in [1.54, 1.807) is 12.4 Å². The van der Waals surface area contributed by atoms with Crippen LogP contribution in [-0.4, -0.2) is 50.8 Å². The van der Waals surface area contributed by atoms with Crippen molar-refractivity contribution in [3.05, 3.63) is 36.8 Å². The molecular formula is C18H19FN6O. The predicted molar refractivity (Wildman–Crippen MR) is 95.0 cm³/mol. The number of aromatic nitrogens is 4. The summed E-state index contributed by atoms with van der Waals surface area (Å²) in [7, 11) is 0. The molecule has 0 unspecified atom stereocenters. The van der Waals surface area contributed by atoms with Gasteiger partial charge in [-0.3, -0.25) is 4.40 Å². The van der Waals surface area contributed by atoms with E-state index in [1.807, 2.05) is 28.8 Å². The van der Waals surface area contributed by atoms with Crippen molar-refractivity contribution in [2.24, 2.45) is 0 Å². The van der Waals surface area contributed by atoms with E-state index in [4.69, 9.17) is 4.74 Å². The third kappa shape index (κ3) is 2.96. The van der Waals surface area contributed by atoms with E-state index in [0.29, 0.717) is 25.1 Å². The molecule has 1 saturated carbocycles. The molecule has 0 bridgehead atoms. The van der Waals surface area contributed by atoms with Crippen LogP contribution in [0.4, 0.5) is 10.3 Å². The van der Waals surface area contributed by atoms with Crippen LogP contribution in [0.15, 0.2) is 36.8 Å². The number of rotatable bonds is 5. The highest BCUT2D eigenvalue weighted by molar-refractivity contribution is 5.62. The van der Waals surface area contributed by atoms with Gasteiger partial charge in [-0.2, -0.15) is 0 Å². The van der Waals surface area contributed by atoms with E-state index in [9.17, 15) is 4.39 Å². The van der Waals surface area contributed by atoms with Crippen molar-refractivity contribution in [3.63, 3.8) is 0 Å². The number of hydrogen-bond donors (Lipinski definition) is 2. The smallest absolute Gasteiger partial charge is 0.223 e. The molecule has 2 N–H and O–H groups in total. The molecule has 26 heavy (non-hydrogen) atoms. The van der Waals surface area contributed by atoms with E-state index in [-0.39, 0.29) is 6.04 Å². The van der Waals surface area contributed by atoms with E-state index in [2.05, 4.69) is 25.6 Å². The van der Waals surface area contributed by atoms with Crippen molar-refractivity contribution in [1.82, 2.24) is 24.7 Å². The summed E-state index contributed by atoms with van der Waals surface area (Å²) < 4.78 is 21.6. The van der Waals surface area contributed by atoms with Gasteiger partial charge in [0, 0.05) is 31.5 Å². The van der Waals surface area contributed by atoms with Crippen LogP contribution in [0.2, 0.25) is 0 Å². The van der Waals surface area contributed by atoms with E-state index in [0.717, 1.165) is 35.6 Å². The zero-order valence-corrected chi connectivity index (χ0v) is 14.1. The van der Waals surface area contributed by atoms with Gasteiger partial charge in [0.1, 0.15) is 17.6 Å². The summed E-state index contributed by atoms with van der Waals surface area (Å²) in [6, 6.07) is 5.38. The number of halogens is 1. The fourth-order valence-electron chi connectivity index (χ4n) is 3.13. The first-order chi connectivity index (χ1) is 12.8. The van der Waals surface area contributed by atoms with Crippen molar-refractivity contribution in [3.8, 4) is 17.1 Å². The fraction of sp³-hybridized carbons (Fsp3) is 0.389. The van der Waals surface area contributed by atoms with Crippen LogP contribution >= 0.6 is 0 Å². The first-order valence-corrected chi connectivity index (χ1v) is 8.85. The highest BCUT2D eigenvalue weighted by Gasteiger charge is 2.27. The molecule has 2 atom stereocenters. The molecule has 0 spiro atoms. The van der Waals surface area contributed by atoms with Crippen molar-refractivity contribution >= 4 is 11.6 Å². The lowest BCUT2D eigenvalue weighted by Gasteiger charge is -2.14. The molecule has 0 aromatic carbocycles. The molecule has 134 valence electrons. The van der Waals surface area contributed by atoms with Crippen LogP contribution in [0.1, 0.15) is 12.8 Å². The third-order valence-corrected chi connectivity index (χ3v) is 4.68. The molecule has 1 aliphatic heterocycles. The second kappa shape index (κ2) is 6.21. The maximum atomic E-state index is 13.8. The number of pyridine rings is 1. The first kappa shape index (κ1) is 15.5. The Balaban J connectivity index is 1.42. The summed E-state index contributed by atoms with van der Waals surface area (Å²) in [6.07, 6.45) is 7.04. The van der Waals surface area contributed by atoms with Gasteiger partial charge in [0.15, 0.2) is 0 Å². The highest BCUT2D eigenvalue weighted by atomic mass is 19.1. The molecule has 2 fully saturated rings. The summed E-state index contributed by atoms with van der Waals surface area (Å²) >= 11 is 0. The molecule has 2 aliphatic rings.